The van der Waals surface area contributed by atoms with E-state index in [0.717, 1.165) is 12.1 Å². The van der Waals surface area contributed by atoms with Gasteiger partial charge in [0.1, 0.15) is 0 Å². The molecule has 0 saturated heterocycles. The van der Waals surface area contributed by atoms with E-state index in [1.807, 2.05) is 0 Å². The van der Waals surface area contributed by atoms with E-state index < -0.39 is 23.3 Å². The second-order valence-electron chi connectivity index (χ2n) is 3.21. The van der Waals surface area contributed by atoms with Crippen LogP contribution in [0.2, 0.25) is 0 Å². The SMILES string of the molecule is CCOC(=O)c1cc(I)c(C(F)(F)F)c(C#N)c1. The highest BCUT2D eigenvalue weighted by Crippen LogP contribution is 2.36. The van der Waals surface area contributed by atoms with Crippen molar-refractivity contribution >= 4 is 28.6 Å². The summed E-state index contributed by atoms with van der Waals surface area (Å²) in [6.07, 6.45) is -4.63. The summed E-state index contributed by atoms with van der Waals surface area (Å²) in [4.78, 5) is 11.4. The van der Waals surface area contributed by atoms with Crippen LogP contribution in [0.1, 0.15) is 28.4 Å². The van der Waals surface area contributed by atoms with Gasteiger partial charge in [0.05, 0.1) is 29.4 Å². The molecular formula is C11H7F3INO2. The maximum absolute atomic E-state index is 12.7. The van der Waals surface area contributed by atoms with Crippen LogP contribution in [0.3, 0.4) is 0 Å². The summed E-state index contributed by atoms with van der Waals surface area (Å²) in [5.74, 6) is -0.749. The fourth-order valence-electron chi connectivity index (χ4n) is 1.32. The lowest BCUT2D eigenvalue weighted by atomic mass is 10.0. The molecule has 1 aromatic carbocycles. The van der Waals surface area contributed by atoms with E-state index in [1.165, 1.54) is 28.7 Å². The highest BCUT2D eigenvalue weighted by atomic mass is 127. The lowest BCUT2D eigenvalue weighted by Crippen LogP contribution is -2.13. The zero-order valence-electron chi connectivity index (χ0n) is 9.14. The minimum absolute atomic E-state index is 0.0641. The van der Waals surface area contributed by atoms with Gasteiger partial charge in [-0.05, 0) is 41.6 Å². The van der Waals surface area contributed by atoms with Gasteiger partial charge in [0.2, 0.25) is 0 Å². The Labute approximate surface area is 115 Å². The van der Waals surface area contributed by atoms with Gasteiger partial charge in [-0.3, -0.25) is 0 Å². The number of halogens is 4. The average molecular weight is 369 g/mol. The summed E-state index contributed by atoms with van der Waals surface area (Å²) in [7, 11) is 0. The van der Waals surface area contributed by atoms with E-state index in [0.29, 0.717) is 0 Å². The van der Waals surface area contributed by atoms with Crippen molar-refractivity contribution in [1.29, 1.82) is 5.26 Å². The van der Waals surface area contributed by atoms with Gasteiger partial charge in [-0.25, -0.2) is 4.79 Å². The first-order valence-electron chi connectivity index (χ1n) is 4.79. The molecule has 0 atom stereocenters. The standard InChI is InChI=1S/C11H7F3INO2/c1-2-18-10(17)6-3-7(5-16)9(8(15)4-6)11(12,13)14/h3-4H,2H2,1H3. The van der Waals surface area contributed by atoms with Crippen LogP contribution in [0, 0.1) is 14.9 Å². The van der Waals surface area contributed by atoms with Crippen LogP contribution in [0.15, 0.2) is 12.1 Å². The van der Waals surface area contributed by atoms with Crippen molar-refractivity contribution in [1.82, 2.24) is 0 Å². The van der Waals surface area contributed by atoms with E-state index in [-0.39, 0.29) is 15.7 Å². The van der Waals surface area contributed by atoms with Crippen molar-refractivity contribution in [2.75, 3.05) is 6.61 Å². The number of ether oxygens (including phenoxy) is 1. The molecule has 1 aromatic rings. The zero-order valence-corrected chi connectivity index (χ0v) is 11.3. The summed E-state index contributed by atoms with van der Waals surface area (Å²) >= 11 is 1.44. The first kappa shape index (κ1) is 14.8. The molecule has 0 heterocycles. The number of hydrogen-bond donors (Lipinski definition) is 0. The smallest absolute Gasteiger partial charge is 0.418 e. The van der Waals surface area contributed by atoms with Crippen molar-refractivity contribution in [3.8, 4) is 6.07 Å². The van der Waals surface area contributed by atoms with Gasteiger partial charge in [-0.2, -0.15) is 18.4 Å². The topological polar surface area (TPSA) is 50.1 Å². The molecule has 0 unspecified atom stereocenters. The molecule has 0 bridgehead atoms. The number of nitriles is 1. The van der Waals surface area contributed by atoms with Gasteiger partial charge in [-0.1, -0.05) is 0 Å². The maximum atomic E-state index is 12.7. The van der Waals surface area contributed by atoms with Crippen LogP contribution in [0.25, 0.3) is 0 Å². The maximum Gasteiger partial charge on any atom is 0.418 e. The quantitative estimate of drug-likeness (QED) is 0.594. The summed E-state index contributed by atoms with van der Waals surface area (Å²) in [5.41, 5.74) is -1.68. The normalized spacial score (nSPS) is 10.9. The molecule has 0 saturated carbocycles. The summed E-state index contributed by atoms with van der Waals surface area (Å²) < 4.78 is 42.6. The molecular weight excluding hydrogens is 362 g/mol. The Kier molecular flexibility index (Phi) is 4.56. The largest absolute Gasteiger partial charge is 0.462 e. The first-order valence-corrected chi connectivity index (χ1v) is 5.87. The van der Waals surface area contributed by atoms with Crippen molar-refractivity contribution in [3.05, 3.63) is 32.4 Å². The van der Waals surface area contributed by atoms with Gasteiger partial charge >= 0.3 is 12.1 Å². The molecule has 0 aliphatic rings. The molecule has 0 N–H and O–H groups in total. The molecule has 0 radical (unpaired) electrons. The fraction of sp³-hybridized carbons (Fsp3) is 0.273. The summed E-state index contributed by atoms with van der Waals surface area (Å²) in [5, 5.41) is 8.74. The minimum atomic E-state index is -4.63. The number of carbonyl (C=O) groups excluding carboxylic acids is 1. The van der Waals surface area contributed by atoms with Crippen molar-refractivity contribution in [3.63, 3.8) is 0 Å². The van der Waals surface area contributed by atoms with Gasteiger partial charge < -0.3 is 4.74 Å². The van der Waals surface area contributed by atoms with Gasteiger partial charge in [-0.15, -0.1) is 0 Å². The predicted octanol–water partition coefficient (Wildman–Crippen LogP) is 3.36. The van der Waals surface area contributed by atoms with E-state index in [9.17, 15) is 18.0 Å². The highest BCUT2D eigenvalue weighted by molar-refractivity contribution is 14.1. The highest BCUT2D eigenvalue weighted by Gasteiger charge is 2.36. The third-order valence-electron chi connectivity index (χ3n) is 2.01. The van der Waals surface area contributed by atoms with Crippen LogP contribution >= 0.6 is 22.6 Å². The summed E-state index contributed by atoms with van der Waals surface area (Å²) in [6.45, 7) is 1.69. The van der Waals surface area contributed by atoms with E-state index >= 15 is 0 Å². The van der Waals surface area contributed by atoms with E-state index in [2.05, 4.69) is 4.74 Å². The van der Waals surface area contributed by atoms with Gasteiger partial charge in [0.15, 0.2) is 0 Å². The van der Waals surface area contributed by atoms with Crippen LogP contribution in [-0.4, -0.2) is 12.6 Å². The molecule has 0 aromatic heterocycles. The van der Waals surface area contributed by atoms with Gasteiger partial charge in [0.25, 0.3) is 0 Å². The number of rotatable bonds is 2. The third kappa shape index (κ3) is 3.13. The van der Waals surface area contributed by atoms with E-state index in [1.54, 1.807) is 6.92 Å². The van der Waals surface area contributed by atoms with Crippen LogP contribution in [0.4, 0.5) is 13.2 Å². The first-order chi connectivity index (χ1) is 8.31. The Morgan fingerprint density at radius 1 is 1.50 bits per heavy atom. The molecule has 0 fully saturated rings. The Bertz CT molecular complexity index is 520. The molecule has 7 heteroatoms. The molecule has 0 spiro atoms. The minimum Gasteiger partial charge on any atom is -0.462 e. The third-order valence-corrected chi connectivity index (χ3v) is 2.86. The number of benzene rings is 1. The summed E-state index contributed by atoms with van der Waals surface area (Å²) in [6, 6.07) is 3.40. The van der Waals surface area contributed by atoms with Crippen molar-refractivity contribution in [2.24, 2.45) is 0 Å². The molecule has 96 valence electrons. The van der Waals surface area contributed by atoms with E-state index in [4.69, 9.17) is 5.26 Å². The molecule has 1 rings (SSSR count). The predicted molar refractivity (Wildman–Crippen MR) is 64.8 cm³/mol. The molecule has 18 heavy (non-hydrogen) atoms. The Morgan fingerprint density at radius 3 is 2.56 bits per heavy atom. The zero-order chi connectivity index (χ0) is 13.9. The average Bonchev–Trinajstić information content (AvgIpc) is 2.26. The number of carbonyl (C=O) groups is 1. The molecule has 0 aliphatic heterocycles. The number of nitrogens with zero attached hydrogens (tertiary/aromatic N) is 1. The van der Waals surface area contributed by atoms with Crippen molar-refractivity contribution in [2.45, 2.75) is 13.1 Å². The Morgan fingerprint density at radius 2 is 2.11 bits per heavy atom. The Hall–Kier alpha value is -1.30. The van der Waals surface area contributed by atoms with Crippen molar-refractivity contribution < 1.29 is 22.7 Å². The monoisotopic (exact) mass is 369 g/mol. The fourth-order valence-corrected chi connectivity index (χ4v) is 2.25. The lowest BCUT2D eigenvalue weighted by molar-refractivity contribution is -0.138. The molecule has 0 amide bonds. The second-order valence-corrected chi connectivity index (χ2v) is 4.37. The second kappa shape index (κ2) is 5.56. The number of alkyl halides is 3. The van der Waals surface area contributed by atoms with Crippen LogP contribution < -0.4 is 0 Å². The van der Waals surface area contributed by atoms with Crippen LogP contribution in [-0.2, 0) is 10.9 Å². The Balaban J connectivity index is 3.38. The molecule has 3 nitrogen and oxygen atoms in total. The lowest BCUT2D eigenvalue weighted by Gasteiger charge is -2.12. The number of esters is 1. The van der Waals surface area contributed by atoms with Gasteiger partial charge in [0, 0.05) is 3.57 Å². The number of hydrogen-bond acceptors (Lipinski definition) is 3. The van der Waals surface area contributed by atoms with Crippen LogP contribution in [0.5, 0.6) is 0 Å². The molecule has 0 aliphatic carbocycles.